The van der Waals surface area contributed by atoms with Gasteiger partial charge in [-0.15, -0.1) is 0 Å². The summed E-state index contributed by atoms with van der Waals surface area (Å²) >= 11 is 0. The maximum atomic E-state index is 12.9. The molecule has 8 nitrogen and oxygen atoms in total. The number of esters is 2. The first-order valence-corrected chi connectivity index (χ1v) is 27.3. The lowest BCUT2D eigenvalue weighted by Gasteiger charge is -2.36. The van der Waals surface area contributed by atoms with Crippen LogP contribution >= 0.6 is 0 Å². The SMILES string of the molecule is CCCCCCCCCOC(=O)CCCCCCCN(CCCCC/C=C/C(=O)OC(CCCCCCCC)CCCCCCCC)CCN1CCN(Cc2ccc(OC)cc2)CC1. The van der Waals surface area contributed by atoms with Crippen molar-refractivity contribution < 1.29 is 23.8 Å². The van der Waals surface area contributed by atoms with Crippen molar-refractivity contribution in [2.24, 2.45) is 0 Å². The van der Waals surface area contributed by atoms with E-state index in [-0.39, 0.29) is 18.0 Å². The van der Waals surface area contributed by atoms with Gasteiger partial charge in [-0.3, -0.25) is 14.6 Å². The number of rotatable bonds is 44. The summed E-state index contributed by atoms with van der Waals surface area (Å²) in [4.78, 5) is 33.0. The van der Waals surface area contributed by atoms with Gasteiger partial charge in [0.15, 0.2) is 0 Å². The zero-order valence-corrected chi connectivity index (χ0v) is 42.4. The quantitative estimate of drug-likeness (QED) is 0.0364. The van der Waals surface area contributed by atoms with Gasteiger partial charge in [0.05, 0.1) is 13.7 Å². The number of methoxy groups -OCH3 is 1. The number of piperazine rings is 1. The Labute approximate surface area is 395 Å². The fourth-order valence-electron chi connectivity index (χ4n) is 8.96. The van der Waals surface area contributed by atoms with Crippen LogP contribution in [0.25, 0.3) is 0 Å². The van der Waals surface area contributed by atoms with E-state index < -0.39 is 0 Å². The number of allylic oxidation sites excluding steroid dienone is 1. The van der Waals surface area contributed by atoms with Gasteiger partial charge in [-0.2, -0.15) is 0 Å². The highest BCUT2D eigenvalue weighted by Gasteiger charge is 2.18. The minimum absolute atomic E-state index is 0.0135. The predicted molar refractivity (Wildman–Crippen MR) is 271 cm³/mol. The Kier molecular flexibility index (Phi) is 37.8. The summed E-state index contributed by atoms with van der Waals surface area (Å²) in [6.45, 7) is 17.4. The molecule has 0 radical (unpaired) electrons. The third-order valence-corrected chi connectivity index (χ3v) is 13.3. The van der Waals surface area contributed by atoms with Crippen LogP contribution in [0.4, 0.5) is 0 Å². The zero-order chi connectivity index (χ0) is 46.0. The van der Waals surface area contributed by atoms with Gasteiger partial charge in [-0.05, 0) is 95.0 Å². The van der Waals surface area contributed by atoms with Crippen molar-refractivity contribution in [1.29, 1.82) is 0 Å². The molecule has 0 amide bonds. The molecule has 0 spiro atoms. The van der Waals surface area contributed by atoms with E-state index >= 15 is 0 Å². The minimum atomic E-state index is -0.145. The number of hydrogen-bond acceptors (Lipinski definition) is 8. The van der Waals surface area contributed by atoms with Crippen LogP contribution in [0.3, 0.4) is 0 Å². The molecule has 0 saturated carbocycles. The van der Waals surface area contributed by atoms with Gasteiger partial charge >= 0.3 is 11.9 Å². The van der Waals surface area contributed by atoms with Crippen molar-refractivity contribution in [1.82, 2.24) is 14.7 Å². The normalized spacial score (nSPS) is 13.7. The Morgan fingerprint density at radius 3 is 1.67 bits per heavy atom. The fourth-order valence-corrected chi connectivity index (χ4v) is 8.96. The van der Waals surface area contributed by atoms with Crippen LogP contribution in [-0.2, 0) is 25.6 Å². The molecule has 370 valence electrons. The first-order chi connectivity index (χ1) is 31.5. The highest BCUT2D eigenvalue weighted by molar-refractivity contribution is 5.82. The van der Waals surface area contributed by atoms with E-state index in [0.29, 0.717) is 13.0 Å². The largest absolute Gasteiger partial charge is 0.497 e. The molecule has 0 unspecified atom stereocenters. The van der Waals surface area contributed by atoms with E-state index in [1.54, 1.807) is 13.2 Å². The van der Waals surface area contributed by atoms with Gasteiger partial charge in [0.1, 0.15) is 11.9 Å². The van der Waals surface area contributed by atoms with Crippen molar-refractivity contribution >= 4 is 11.9 Å². The average molecular weight is 896 g/mol. The van der Waals surface area contributed by atoms with Crippen molar-refractivity contribution in [3.8, 4) is 5.75 Å². The maximum Gasteiger partial charge on any atom is 0.330 e. The van der Waals surface area contributed by atoms with Gasteiger partial charge in [0.2, 0.25) is 0 Å². The first-order valence-electron chi connectivity index (χ1n) is 27.3. The molecule has 8 heteroatoms. The summed E-state index contributed by atoms with van der Waals surface area (Å²) < 4.78 is 16.9. The molecule has 0 aromatic heterocycles. The molecule has 1 heterocycles. The molecule has 0 aliphatic carbocycles. The van der Waals surface area contributed by atoms with Crippen LogP contribution in [0, 0.1) is 0 Å². The highest BCUT2D eigenvalue weighted by atomic mass is 16.5. The maximum absolute atomic E-state index is 12.9. The van der Waals surface area contributed by atoms with E-state index in [1.165, 1.54) is 140 Å². The van der Waals surface area contributed by atoms with Crippen LogP contribution in [0.15, 0.2) is 36.4 Å². The lowest BCUT2D eigenvalue weighted by atomic mass is 10.0. The molecule has 0 atom stereocenters. The third-order valence-electron chi connectivity index (χ3n) is 13.3. The van der Waals surface area contributed by atoms with E-state index in [9.17, 15) is 9.59 Å². The second-order valence-corrected chi connectivity index (χ2v) is 19.1. The van der Waals surface area contributed by atoms with Crippen LogP contribution in [0.2, 0.25) is 0 Å². The van der Waals surface area contributed by atoms with Gasteiger partial charge in [0.25, 0.3) is 0 Å². The van der Waals surface area contributed by atoms with Crippen LogP contribution in [0.5, 0.6) is 5.75 Å². The van der Waals surface area contributed by atoms with Gasteiger partial charge in [0, 0.05) is 58.3 Å². The summed E-state index contributed by atoms with van der Waals surface area (Å²) in [6, 6.07) is 8.50. The molecule has 0 bridgehead atoms. The fraction of sp³-hybridized carbons (Fsp3) is 0.821. The molecular formula is C56H101N3O5. The molecule has 1 aromatic rings. The topological polar surface area (TPSA) is 71.6 Å². The molecular weight excluding hydrogens is 795 g/mol. The van der Waals surface area contributed by atoms with Gasteiger partial charge in [-0.25, -0.2) is 4.79 Å². The monoisotopic (exact) mass is 896 g/mol. The molecule has 1 aliphatic rings. The standard InChI is InChI=1S/C56H101N3O5/c1-5-8-11-14-17-26-33-50-63-55(60)36-29-22-18-24-31-42-57(44-45-58-46-48-59(49-47-58)51-52-38-40-53(62-4)41-39-52)43-32-25-19-23-30-37-56(61)64-54(34-27-20-15-12-9-6-2)35-28-21-16-13-10-7-3/h30,37-41,54H,5-29,31-36,42-51H2,1-4H3/b37-30+. The summed E-state index contributed by atoms with van der Waals surface area (Å²) in [7, 11) is 1.72. The Hall–Kier alpha value is -2.42. The number of benzene rings is 1. The molecule has 1 saturated heterocycles. The van der Waals surface area contributed by atoms with Crippen LogP contribution < -0.4 is 4.74 Å². The molecule has 2 rings (SSSR count). The minimum Gasteiger partial charge on any atom is -0.497 e. The number of carbonyl (C=O) groups is 2. The Morgan fingerprint density at radius 2 is 1.09 bits per heavy atom. The first kappa shape index (κ1) is 57.7. The highest BCUT2D eigenvalue weighted by Crippen LogP contribution is 2.19. The van der Waals surface area contributed by atoms with Crippen LogP contribution in [0.1, 0.15) is 225 Å². The predicted octanol–water partition coefficient (Wildman–Crippen LogP) is 14.3. The second kappa shape index (κ2) is 42.0. The van der Waals surface area contributed by atoms with Crippen molar-refractivity contribution in [2.45, 2.75) is 232 Å². The molecule has 1 aromatic carbocycles. The summed E-state index contributed by atoms with van der Waals surface area (Å²) in [6.07, 6.45) is 40.4. The number of ether oxygens (including phenoxy) is 3. The third kappa shape index (κ3) is 33.1. The van der Waals surface area contributed by atoms with Crippen molar-refractivity contribution in [2.75, 3.05) is 66.1 Å². The lowest BCUT2D eigenvalue weighted by Crippen LogP contribution is -2.48. The molecule has 1 aliphatic heterocycles. The summed E-state index contributed by atoms with van der Waals surface area (Å²) in [5, 5.41) is 0. The smallest absolute Gasteiger partial charge is 0.330 e. The van der Waals surface area contributed by atoms with Crippen molar-refractivity contribution in [3.05, 3.63) is 42.0 Å². The Balaban J connectivity index is 1.72. The summed E-state index contributed by atoms with van der Waals surface area (Å²) in [5.74, 6) is 0.757. The Bertz CT molecular complexity index is 1220. The van der Waals surface area contributed by atoms with E-state index in [2.05, 4.69) is 65.8 Å². The number of carbonyl (C=O) groups excluding carboxylic acids is 2. The molecule has 64 heavy (non-hydrogen) atoms. The summed E-state index contributed by atoms with van der Waals surface area (Å²) in [5.41, 5.74) is 1.35. The molecule has 0 N–H and O–H groups in total. The Morgan fingerprint density at radius 1 is 0.594 bits per heavy atom. The van der Waals surface area contributed by atoms with Gasteiger partial charge in [-0.1, -0.05) is 167 Å². The van der Waals surface area contributed by atoms with Crippen LogP contribution in [-0.4, -0.2) is 98.8 Å². The van der Waals surface area contributed by atoms with E-state index in [1.807, 2.05) is 0 Å². The average Bonchev–Trinajstić information content (AvgIpc) is 3.30. The lowest BCUT2D eigenvalue weighted by molar-refractivity contribution is -0.144. The second-order valence-electron chi connectivity index (χ2n) is 19.1. The number of nitrogens with zero attached hydrogens (tertiary/aromatic N) is 3. The van der Waals surface area contributed by atoms with Gasteiger partial charge < -0.3 is 19.1 Å². The van der Waals surface area contributed by atoms with E-state index in [0.717, 1.165) is 122 Å². The zero-order valence-electron chi connectivity index (χ0n) is 42.4. The molecule has 1 fully saturated rings. The van der Waals surface area contributed by atoms with Crippen molar-refractivity contribution in [3.63, 3.8) is 0 Å². The van der Waals surface area contributed by atoms with E-state index in [4.69, 9.17) is 14.2 Å². The number of hydrogen-bond donors (Lipinski definition) is 0. The number of unbranched alkanes of at least 4 members (excludes halogenated alkanes) is 23.